The molecule has 1 N–H and O–H groups in total. The van der Waals surface area contributed by atoms with Gasteiger partial charge in [0.05, 0.1) is 13.0 Å². The van der Waals surface area contributed by atoms with Crippen LogP contribution in [-0.2, 0) is 25.5 Å². The predicted molar refractivity (Wildman–Crippen MR) is 83.6 cm³/mol. The van der Waals surface area contributed by atoms with E-state index < -0.39 is 23.1 Å². The molecule has 0 bridgehead atoms. The summed E-state index contributed by atoms with van der Waals surface area (Å²) in [6, 6.07) is 7.64. The highest BCUT2D eigenvalue weighted by atomic mass is 16.6. The van der Waals surface area contributed by atoms with E-state index in [2.05, 4.69) is 5.32 Å². The SMILES string of the molecule is CCOC(=O)CC1(C(=O)OC(C)(C)C)Cc2ccccc2N1. The lowest BCUT2D eigenvalue weighted by molar-refractivity contribution is -0.164. The van der Waals surface area contributed by atoms with Gasteiger partial charge < -0.3 is 14.8 Å². The summed E-state index contributed by atoms with van der Waals surface area (Å²) in [7, 11) is 0. The Morgan fingerprint density at radius 3 is 2.55 bits per heavy atom. The fourth-order valence-corrected chi connectivity index (χ4v) is 2.56. The minimum Gasteiger partial charge on any atom is -0.466 e. The molecule has 0 amide bonds. The Hall–Kier alpha value is -2.04. The number of carbonyl (C=O) groups is 2. The van der Waals surface area contributed by atoms with Gasteiger partial charge in [-0.25, -0.2) is 4.79 Å². The van der Waals surface area contributed by atoms with Crippen molar-refractivity contribution in [3.05, 3.63) is 29.8 Å². The van der Waals surface area contributed by atoms with Crippen LogP contribution in [0.1, 0.15) is 39.7 Å². The molecule has 120 valence electrons. The molecule has 0 aliphatic carbocycles. The molecule has 0 aromatic heterocycles. The third kappa shape index (κ3) is 3.59. The molecule has 1 aliphatic rings. The van der Waals surface area contributed by atoms with Crippen LogP contribution in [0.2, 0.25) is 0 Å². The summed E-state index contributed by atoms with van der Waals surface area (Å²) in [6.07, 6.45) is 0.362. The Morgan fingerprint density at radius 1 is 1.27 bits per heavy atom. The summed E-state index contributed by atoms with van der Waals surface area (Å²) >= 11 is 0. The third-order valence-electron chi connectivity index (χ3n) is 3.42. The zero-order valence-electron chi connectivity index (χ0n) is 13.6. The summed E-state index contributed by atoms with van der Waals surface area (Å²) in [4.78, 5) is 24.7. The van der Waals surface area contributed by atoms with Crippen molar-refractivity contribution in [1.29, 1.82) is 0 Å². The predicted octanol–water partition coefficient (Wildman–Crippen LogP) is 2.69. The van der Waals surface area contributed by atoms with Gasteiger partial charge in [0.25, 0.3) is 0 Å². The molecule has 0 radical (unpaired) electrons. The Balaban J connectivity index is 2.27. The zero-order chi connectivity index (χ0) is 16.4. The number of hydrogen-bond donors (Lipinski definition) is 1. The van der Waals surface area contributed by atoms with E-state index in [0.29, 0.717) is 6.42 Å². The zero-order valence-corrected chi connectivity index (χ0v) is 13.6. The number of nitrogens with one attached hydrogen (secondary N) is 1. The van der Waals surface area contributed by atoms with Crippen LogP contribution in [0.3, 0.4) is 0 Å². The van der Waals surface area contributed by atoms with E-state index in [1.54, 1.807) is 6.92 Å². The van der Waals surface area contributed by atoms with E-state index in [4.69, 9.17) is 9.47 Å². The molecule has 0 spiro atoms. The summed E-state index contributed by atoms with van der Waals surface area (Å²) in [5, 5.41) is 3.18. The lowest BCUT2D eigenvalue weighted by Crippen LogP contribution is -2.50. The second-order valence-electron chi connectivity index (χ2n) is 6.52. The third-order valence-corrected chi connectivity index (χ3v) is 3.42. The molecule has 0 saturated heterocycles. The number of para-hydroxylation sites is 1. The molecule has 0 fully saturated rings. The van der Waals surface area contributed by atoms with Crippen molar-refractivity contribution in [3.63, 3.8) is 0 Å². The van der Waals surface area contributed by atoms with Crippen LogP contribution in [0.25, 0.3) is 0 Å². The molecule has 1 atom stereocenters. The monoisotopic (exact) mass is 305 g/mol. The number of benzene rings is 1. The van der Waals surface area contributed by atoms with Gasteiger partial charge in [0, 0.05) is 12.1 Å². The number of anilines is 1. The number of ether oxygens (including phenoxy) is 2. The molecule has 1 unspecified atom stereocenters. The maximum Gasteiger partial charge on any atom is 0.333 e. The highest BCUT2D eigenvalue weighted by Gasteiger charge is 2.48. The van der Waals surface area contributed by atoms with E-state index in [9.17, 15) is 9.59 Å². The maximum absolute atomic E-state index is 12.7. The van der Waals surface area contributed by atoms with Gasteiger partial charge in [-0.3, -0.25) is 4.79 Å². The summed E-state index contributed by atoms with van der Waals surface area (Å²) in [6.45, 7) is 7.46. The lowest BCUT2D eigenvalue weighted by atomic mass is 9.91. The van der Waals surface area contributed by atoms with Gasteiger partial charge in [-0.2, -0.15) is 0 Å². The van der Waals surface area contributed by atoms with Gasteiger partial charge in [-0.1, -0.05) is 18.2 Å². The Kier molecular flexibility index (Phi) is 4.44. The van der Waals surface area contributed by atoms with E-state index in [0.717, 1.165) is 11.3 Å². The largest absolute Gasteiger partial charge is 0.466 e. The first-order valence-corrected chi connectivity index (χ1v) is 7.51. The number of hydrogen-bond acceptors (Lipinski definition) is 5. The number of carbonyl (C=O) groups excluding carboxylic acids is 2. The summed E-state index contributed by atoms with van der Waals surface area (Å²) in [5.74, 6) is -0.835. The van der Waals surface area contributed by atoms with Crippen LogP contribution in [0.4, 0.5) is 5.69 Å². The average Bonchev–Trinajstić information content (AvgIpc) is 2.76. The van der Waals surface area contributed by atoms with E-state index in [1.165, 1.54) is 0 Å². The standard InChI is InChI=1S/C17H23NO4/c1-5-21-14(19)11-17(15(20)22-16(2,3)4)10-12-8-6-7-9-13(12)18-17/h6-9,18H,5,10-11H2,1-4H3. The minimum atomic E-state index is -1.09. The Bertz CT molecular complexity index is 549. The summed E-state index contributed by atoms with van der Waals surface area (Å²) < 4.78 is 10.5. The van der Waals surface area contributed by atoms with Crippen molar-refractivity contribution in [2.45, 2.75) is 51.7 Å². The van der Waals surface area contributed by atoms with Gasteiger partial charge in [0.1, 0.15) is 5.60 Å². The molecular weight excluding hydrogens is 282 g/mol. The van der Waals surface area contributed by atoms with Gasteiger partial charge in [0.15, 0.2) is 5.54 Å². The number of fused-ring (bicyclic) bond motifs is 1. The normalized spacial score (nSPS) is 20.0. The van der Waals surface area contributed by atoms with Crippen LogP contribution >= 0.6 is 0 Å². The highest BCUT2D eigenvalue weighted by molar-refractivity contribution is 5.93. The molecule has 5 nitrogen and oxygen atoms in total. The van der Waals surface area contributed by atoms with Crippen LogP contribution in [0, 0.1) is 0 Å². The van der Waals surface area contributed by atoms with Crippen molar-refractivity contribution >= 4 is 17.6 Å². The fourth-order valence-electron chi connectivity index (χ4n) is 2.56. The second kappa shape index (κ2) is 5.99. The Morgan fingerprint density at radius 2 is 1.95 bits per heavy atom. The van der Waals surface area contributed by atoms with E-state index >= 15 is 0 Å². The van der Waals surface area contributed by atoms with Crippen LogP contribution < -0.4 is 5.32 Å². The van der Waals surface area contributed by atoms with Gasteiger partial charge >= 0.3 is 11.9 Å². The fraction of sp³-hybridized carbons (Fsp3) is 0.529. The maximum atomic E-state index is 12.7. The molecular formula is C17H23NO4. The molecule has 22 heavy (non-hydrogen) atoms. The van der Waals surface area contributed by atoms with Crippen LogP contribution in [0.5, 0.6) is 0 Å². The quantitative estimate of drug-likeness (QED) is 0.866. The van der Waals surface area contributed by atoms with Gasteiger partial charge in [0.2, 0.25) is 0 Å². The minimum absolute atomic E-state index is 0.0512. The summed E-state index contributed by atoms with van der Waals surface area (Å²) in [5.41, 5.74) is 0.147. The first-order chi connectivity index (χ1) is 10.3. The molecule has 1 aromatic rings. The first kappa shape index (κ1) is 16.3. The molecule has 1 aromatic carbocycles. The lowest BCUT2D eigenvalue weighted by Gasteiger charge is -2.31. The van der Waals surface area contributed by atoms with Crippen molar-refractivity contribution in [1.82, 2.24) is 0 Å². The van der Waals surface area contributed by atoms with Crippen molar-refractivity contribution < 1.29 is 19.1 Å². The Labute approximate surface area is 131 Å². The highest BCUT2D eigenvalue weighted by Crippen LogP contribution is 2.36. The second-order valence-corrected chi connectivity index (χ2v) is 6.52. The van der Waals surface area contributed by atoms with Gasteiger partial charge in [-0.15, -0.1) is 0 Å². The van der Waals surface area contributed by atoms with Gasteiger partial charge in [-0.05, 0) is 39.3 Å². The number of rotatable bonds is 4. The van der Waals surface area contributed by atoms with Crippen LogP contribution in [0.15, 0.2) is 24.3 Å². The smallest absolute Gasteiger partial charge is 0.333 e. The van der Waals surface area contributed by atoms with Crippen molar-refractivity contribution in [2.75, 3.05) is 11.9 Å². The molecule has 5 heteroatoms. The number of esters is 2. The van der Waals surface area contributed by atoms with E-state index in [-0.39, 0.29) is 13.0 Å². The molecule has 0 saturated carbocycles. The molecule has 2 rings (SSSR count). The van der Waals surface area contributed by atoms with E-state index in [1.807, 2.05) is 45.0 Å². The average molecular weight is 305 g/mol. The molecule has 1 heterocycles. The van der Waals surface area contributed by atoms with Crippen molar-refractivity contribution in [2.24, 2.45) is 0 Å². The van der Waals surface area contributed by atoms with Crippen LogP contribution in [-0.4, -0.2) is 29.7 Å². The first-order valence-electron chi connectivity index (χ1n) is 7.51. The topological polar surface area (TPSA) is 64.6 Å². The van der Waals surface area contributed by atoms with Crippen molar-refractivity contribution in [3.8, 4) is 0 Å². The molecule has 1 aliphatic heterocycles.